The summed E-state index contributed by atoms with van der Waals surface area (Å²) in [7, 11) is 0. The highest BCUT2D eigenvalue weighted by atomic mass is 32.2. The molecule has 38 heavy (non-hydrogen) atoms. The molecule has 1 saturated heterocycles. The Bertz CT molecular complexity index is 1180. The minimum Gasteiger partial charge on any atom is -0.455 e. The van der Waals surface area contributed by atoms with Crippen molar-refractivity contribution in [1.29, 1.82) is 0 Å². The highest BCUT2D eigenvalue weighted by Crippen LogP contribution is 2.42. The van der Waals surface area contributed by atoms with Crippen LogP contribution in [0.4, 0.5) is 10.5 Å². The first kappa shape index (κ1) is 28.4. The lowest BCUT2D eigenvalue weighted by atomic mass is 10.0. The van der Waals surface area contributed by atoms with Gasteiger partial charge in [0.1, 0.15) is 29.3 Å². The minimum absolute atomic E-state index is 0.0673. The molecule has 1 aromatic rings. The second-order valence-electron chi connectivity index (χ2n) is 9.18. The van der Waals surface area contributed by atoms with E-state index >= 15 is 0 Å². The van der Waals surface area contributed by atoms with Gasteiger partial charge in [-0.15, -0.1) is 11.8 Å². The summed E-state index contributed by atoms with van der Waals surface area (Å²) in [5.74, 6) is -2.16. The lowest BCUT2D eigenvalue weighted by Crippen LogP contribution is -2.71. The zero-order valence-electron chi connectivity index (χ0n) is 20.9. The molecule has 0 radical (unpaired) electrons. The fraction of sp³-hybridized carbons (Fsp3) is 0.435. The Balaban J connectivity index is 1.76. The number of carbonyl (C=O) groups is 5. The number of hydrogen-bond donors (Lipinski definition) is 2. The van der Waals surface area contributed by atoms with Crippen LogP contribution in [0.5, 0.6) is 0 Å². The molecule has 0 aromatic heterocycles. The van der Waals surface area contributed by atoms with Crippen molar-refractivity contribution >= 4 is 47.8 Å². The van der Waals surface area contributed by atoms with Crippen molar-refractivity contribution in [3.8, 4) is 0 Å². The van der Waals surface area contributed by atoms with Crippen LogP contribution < -0.4 is 10.6 Å². The van der Waals surface area contributed by atoms with Gasteiger partial charge in [0.25, 0.3) is 11.6 Å². The van der Waals surface area contributed by atoms with E-state index in [0.29, 0.717) is 12.0 Å². The lowest BCUT2D eigenvalue weighted by molar-refractivity contribution is -0.384. The summed E-state index contributed by atoms with van der Waals surface area (Å²) in [6, 6.07) is 4.38. The number of amides is 3. The largest absolute Gasteiger partial charge is 0.455 e. The first-order chi connectivity index (χ1) is 17.8. The van der Waals surface area contributed by atoms with Crippen LogP contribution in [0.15, 0.2) is 35.5 Å². The lowest BCUT2D eigenvalue weighted by Gasteiger charge is -2.50. The fourth-order valence-corrected chi connectivity index (χ4v) is 5.00. The second kappa shape index (κ2) is 11.5. The van der Waals surface area contributed by atoms with Crippen LogP contribution in [0.1, 0.15) is 33.3 Å². The summed E-state index contributed by atoms with van der Waals surface area (Å²) in [6.45, 7) is 5.84. The van der Waals surface area contributed by atoms with Crippen molar-refractivity contribution in [1.82, 2.24) is 15.5 Å². The number of alkyl carbamates (subject to hydrolysis) is 1. The SMILES string of the molecule is CC(=O)OC(NC=O)C1=C(C(=O)OC(C)(C)C)N2C(=O)[C@@H](NC(=O)OCc3ccc([N+](=O)[O-])cc3)[C@H]2SC1. The van der Waals surface area contributed by atoms with Crippen LogP contribution in [-0.2, 0) is 40.0 Å². The highest BCUT2D eigenvalue weighted by molar-refractivity contribution is 8.00. The third-order valence-electron chi connectivity index (χ3n) is 5.20. The Morgan fingerprint density at radius 1 is 1.26 bits per heavy atom. The molecule has 2 aliphatic rings. The Labute approximate surface area is 221 Å². The summed E-state index contributed by atoms with van der Waals surface area (Å²) in [5, 5.41) is 14.8. The normalized spacial score (nSPS) is 19.4. The van der Waals surface area contributed by atoms with Crippen molar-refractivity contribution in [2.45, 2.75) is 57.5 Å². The number of fused-ring (bicyclic) bond motifs is 1. The van der Waals surface area contributed by atoms with Gasteiger partial charge in [0.15, 0.2) is 0 Å². The van der Waals surface area contributed by atoms with E-state index in [0.717, 1.165) is 11.8 Å². The summed E-state index contributed by atoms with van der Waals surface area (Å²) >= 11 is 1.17. The number of non-ortho nitro benzene ring substituents is 1. The molecule has 1 aromatic carbocycles. The summed E-state index contributed by atoms with van der Waals surface area (Å²) in [4.78, 5) is 72.6. The monoisotopic (exact) mass is 550 g/mol. The molecule has 2 N–H and O–H groups in total. The molecule has 1 fully saturated rings. The van der Waals surface area contributed by atoms with Crippen LogP contribution in [0.25, 0.3) is 0 Å². The molecule has 1 unspecified atom stereocenters. The predicted molar refractivity (Wildman–Crippen MR) is 131 cm³/mol. The number of rotatable bonds is 9. The van der Waals surface area contributed by atoms with Crippen molar-refractivity contribution in [2.75, 3.05) is 5.75 Å². The maximum absolute atomic E-state index is 13.1. The topological polar surface area (TPSA) is 183 Å². The van der Waals surface area contributed by atoms with Crippen molar-refractivity contribution < 1.29 is 43.1 Å². The van der Waals surface area contributed by atoms with Gasteiger partial charge in [-0.1, -0.05) is 0 Å². The van der Waals surface area contributed by atoms with Gasteiger partial charge in [-0.2, -0.15) is 0 Å². The number of benzene rings is 1. The van der Waals surface area contributed by atoms with Gasteiger partial charge >= 0.3 is 18.0 Å². The molecular formula is C23H26N4O10S. The van der Waals surface area contributed by atoms with E-state index in [1.54, 1.807) is 20.8 Å². The number of hydrogen-bond acceptors (Lipinski definition) is 11. The summed E-state index contributed by atoms with van der Waals surface area (Å²) in [5.41, 5.74) is -0.571. The van der Waals surface area contributed by atoms with E-state index in [-0.39, 0.29) is 29.3 Å². The Morgan fingerprint density at radius 2 is 1.92 bits per heavy atom. The number of nitrogens with zero attached hydrogens (tertiary/aromatic N) is 2. The third-order valence-corrected chi connectivity index (χ3v) is 6.50. The Morgan fingerprint density at radius 3 is 2.47 bits per heavy atom. The number of nitrogens with one attached hydrogen (secondary N) is 2. The maximum Gasteiger partial charge on any atom is 0.408 e. The van der Waals surface area contributed by atoms with E-state index in [1.807, 2.05) is 0 Å². The smallest absolute Gasteiger partial charge is 0.408 e. The summed E-state index contributed by atoms with van der Waals surface area (Å²) in [6.07, 6.45) is -1.92. The van der Waals surface area contributed by atoms with Gasteiger partial charge in [0.2, 0.25) is 12.6 Å². The maximum atomic E-state index is 13.1. The van der Waals surface area contributed by atoms with Crippen LogP contribution in [0.3, 0.4) is 0 Å². The van der Waals surface area contributed by atoms with Crippen LogP contribution >= 0.6 is 11.8 Å². The zero-order chi connectivity index (χ0) is 28.2. The van der Waals surface area contributed by atoms with E-state index in [4.69, 9.17) is 14.2 Å². The van der Waals surface area contributed by atoms with Gasteiger partial charge in [-0.25, -0.2) is 9.59 Å². The number of ether oxygens (including phenoxy) is 3. The van der Waals surface area contributed by atoms with E-state index in [9.17, 15) is 34.1 Å². The van der Waals surface area contributed by atoms with E-state index in [2.05, 4.69) is 10.6 Å². The molecule has 0 saturated carbocycles. The average molecular weight is 551 g/mol. The fourth-order valence-electron chi connectivity index (χ4n) is 3.62. The molecule has 3 rings (SSSR count). The summed E-state index contributed by atoms with van der Waals surface area (Å²) < 4.78 is 15.7. The van der Waals surface area contributed by atoms with E-state index in [1.165, 1.54) is 36.0 Å². The molecule has 15 heteroatoms. The second-order valence-corrected chi connectivity index (χ2v) is 10.3. The molecule has 2 heterocycles. The van der Waals surface area contributed by atoms with Crippen molar-refractivity contribution in [3.05, 3.63) is 51.2 Å². The van der Waals surface area contributed by atoms with Crippen LogP contribution in [-0.4, -0.2) is 69.2 Å². The Kier molecular flexibility index (Phi) is 8.60. The van der Waals surface area contributed by atoms with E-state index < -0.39 is 52.1 Å². The molecule has 0 aliphatic carbocycles. The molecule has 2 aliphatic heterocycles. The van der Waals surface area contributed by atoms with Crippen LogP contribution in [0.2, 0.25) is 0 Å². The first-order valence-electron chi connectivity index (χ1n) is 11.3. The van der Waals surface area contributed by atoms with Gasteiger partial charge in [-0.05, 0) is 38.5 Å². The standard InChI is InChI=1S/C23H26N4O10S/c1-12(29)36-18(24-11-28)15-10-38-20-16(19(30)26(20)17(15)21(31)37-23(2,3)4)25-22(32)35-9-13-5-7-14(8-6-13)27(33)34/h5-8,11,16,18,20H,9-10H2,1-4H3,(H,24,28)(H,25,32)/t16-,18?,20-/m1/s1. The number of β-lactam (4-membered cyclic amide) rings is 1. The number of carbonyl (C=O) groups excluding carboxylic acids is 5. The molecule has 204 valence electrons. The van der Waals surface area contributed by atoms with Gasteiger partial charge in [-0.3, -0.25) is 29.4 Å². The quantitative estimate of drug-likeness (QED) is 0.0860. The number of nitro groups is 1. The third kappa shape index (κ3) is 6.59. The predicted octanol–water partition coefficient (Wildman–Crippen LogP) is 1.34. The Hall–Kier alpha value is -4.14. The van der Waals surface area contributed by atoms with Gasteiger partial charge in [0.05, 0.1) is 4.92 Å². The highest BCUT2D eigenvalue weighted by Gasteiger charge is 2.56. The van der Waals surface area contributed by atoms with Crippen molar-refractivity contribution in [2.24, 2.45) is 0 Å². The number of thioether (sulfide) groups is 1. The average Bonchev–Trinajstić information content (AvgIpc) is 2.83. The molecule has 14 nitrogen and oxygen atoms in total. The molecule has 0 spiro atoms. The number of nitro benzene ring substituents is 1. The van der Waals surface area contributed by atoms with Crippen molar-refractivity contribution in [3.63, 3.8) is 0 Å². The zero-order valence-corrected chi connectivity index (χ0v) is 21.7. The molecule has 0 bridgehead atoms. The van der Waals surface area contributed by atoms with Gasteiger partial charge in [0, 0.05) is 30.4 Å². The molecular weight excluding hydrogens is 524 g/mol. The minimum atomic E-state index is -1.31. The molecule has 3 atom stereocenters. The first-order valence-corrected chi connectivity index (χ1v) is 12.3. The van der Waals surface area contributed by atoms with Crippen LogP contribution in [0, 0.1) is 10.1 Å². The van der Waals surface area contributed by atoms with Gasteiger partial charge < -0.3 is 24.8 Å². The number of esters is 2. The molecule has 3 amide bonds.